The standard InChI is InChI=1S/C22H42O4Si/c1-18(15-13-11-10-12-14-16-23)21(25-17-24-7)19(2)20(3)26-27(8,9)22(4,5)6/h10-11,13,15-16,18-21H,12,14,17H2,1-9H3/b11-10+,15-13+/t18-,19-,20-,21+/m1/s1. The molecule has 0 spiro atoms. The molecule has 0 aliphatic rings. The molecule has 5 heteroatoms. The number of ether oxygens (including phenoxy) is 2. The summed E-state index contributed by atoms with van der Waals surface area (Å²) in [5.41, 5.74) is 0. The molecular formula is C22H42O4Si. The van der Waals surface area contributed by atoms with E-state index >= 15 is 0 Å². The zero-order valence-electron chi connectivity index (χ0n) is 19.0. The van der Waals surface area contributed by atoms with Crippen molar-refractivity contribution in [2.45, 2.75) is 84.7 Å². The van der Waals surface area contributed by atoms with Gasteiger partial charge in [0, 0.05) is 31.5 Å². The number of hydrogen-bond acceptors (Lipinski definition) is 4. The van der Waals surface area contributed by atoms with E-state index < -0.39 is 8.32 Å². The van der Waals surface area contributed by atoms with Crippen LogP contribution in [0.2, 0.25) is 18.1 Å². The van der Waals surface area contributed by atoms with Crippen molar-refractivity contribution in [1.29, 1.82) is 0 Å². The highest BCUT2D eigenvalue weighted by molar-refractivity contribution is 6.74. The molecule has 0 aromatic rings. The van der Waals surface area contributed by atoms with E-state index in [2.05, 4.69) is 60.7 Å². The molecular weight excluding hydrogens is 356 g/mol. The Morgan fingerprint density at radius 2 is 1.67 bits per heavy atom. The van der Waals surface area contributed by atoms with Crippen LogP contribution in [0.1, 0.15) is 54.4 Å². The second kappa shape index (κ2) is 12.7. The van der Waals surface area contributed by atoms with Crippen LogP contribution in [0.15, 0.2) is 24.3 Å². The van der Waals surface area contributed by atoms with Crippen LogP contribution in [0, 0.1) is 11.8 Å². The van der Waals surface area contributed by atoms with Crippen LogP contribution < -0.4 is 0 Å². The van der Waals surface area contributed by atoms with E-state index in [9.17, 15) is 4.79 Å². The van der Waals surface area contributed by atoms with Gasteiger partial charge < -0.3 is 18.7 Å². The molecule has 0 rings (SSSR count). The molecule has 0 aromatic carbocycles. The number of carbonyl (C=O) groups excluding carboxylic acids is 1. The fourth-order valence-corrected chi connectivity index (χ4v) is 4.13. The van der Waals surface area contributed by atoms with Gasteiger partial charge in [-0.05, 0) is 31.5 Å². The molecule has 0 saturated heterocycles. The Morgan fingerprint density at radius 1 is 1.04 bits per heavy atom. The molecule has 0 aromatic heterocycles. The van der Waals surface area contributed by atoms with Gasteiger partial charge in [0.05, 0.1) is 6.10 Å². The van der Waals surface area contributed by atoms with Crippen molar-refractivity contribution >= 4 is 14.6 Å². The number of unbranched alkanes of at least 4 members (excludes halogenated alkanes) is 1. The molecule has 0 saturated carbocycles. The largest absolute Gasteiger partial charge is 0.414 e. The number of carbonyl (C=O) groups is 1. The SMILES string of the molecule is COCO[C@H]([C@H](C)[C@@H](C)O[Si](C)(C)C(C)(C)C)[C@H](C)/C=C/C=C/CCC=O. The van der Waals surface area contributed by atoms with Gasteiger partial charge in [0.25, 0.3) is 0 Å². The third kappa shape index (κ3) is 9.83. The molecule has 0 heterocycles. The van der Waals surface area contributed by atoms with Crippen LogP contribution in [0.4, 0.5) is 0 Å². The summed E-state index contributed by atoms with van der Waals surface area (Å²) in [6.07, 6.45) is 10.6. The first-order valence-electron chi connectivity index (χ1n) is 10.0. The van der Waals surface area contributed by atoms with E-state index in [1.165, 1.54) is 0 Å². The topological polar surface area (TPSA) is 44.8 Å². The normalized spacial score (nSPS) is 18.0. The molecule has 4 atom stereocenters. The van der Waals surface area contributed by atoms with Crippen molar-refractivity contribution in [2.75, 3.05) is 13.9 Å². The Bertz CT molecular complexity index is 465. The van der Waals surface area contributed by atoms with Gasteiger partial charge >= 0.3 is 0 Å². The highest BCUT2D eigenvalue weighted by Gasteiger charge is 2.40. The number of rotatable bonds is 13. The van der Waals surface area contributed by atoms with Crippen LogP contribution in [0.25, 0.3) is 0 Å². The third-order valence-corrected chi connectivity index (χ3v) is 10.1. The lowest BCUT2D eigenvalue weighted by Crippen LogP contribution is -2.47. The smallest absolute Gasteiger partial charge is 0.192 e. The summed E-state index contributed by atoms with van der Waals surface area (Å²) in [7, 11) is -0.185. The number of aldehydes is 1. The van der Waals surface area contributed by atoms with Gasteiger partial charge in [-0.2, -0.15) is 0 Å². The maximum atomic E-state index is 10.3. The molecule has 27 heavy (non-hydrogen) atoms. The molecule has 0 unspecified atom stereocenters. The maximum Gasteiger partial charge on any atom is 0.192 e. The van der Waals surface area contributed by atoms with Gasteiger partial charge in [-0.1, -0.05) is 58.9 Å². The predicted octanol–water partition coefficient (Wildman–Crippen LogP) is 5.75. The van der Waals surface area contributed by atoms with E-state index in [-0.39, 0.29) is 35.9 Å². The molecule has 0 bridgehead atoms. The van der Waals surface area contributed by atoms with E-state index in [4.69, 9.17) is 13.9 Å². The van der Waals surface area contributed by atoms with Crippen LogP contribution in [0.3, 0.4) is 0 Å². The lowest BCUT2D eigenvalue weighted by molar-refractivity contribution is -0.115. The molecule has 0 fully saturated rings. The van der Waals surface area contributed by atoms with E-state index in [0.29, 0.717) is 6.42 Å². The molecule has 0 amide bonds. The van der Waals surface area contributed by atoms with Gasteiger partial charge in [0.1, 0.15) is 13.1 Å². The summed E-state index contributed by atoms with van der Waals surface area (Å²) in [6, 6.07) is 0. The summed E-state index contributed by atoms with van der Waals surface area (Å²) in [4.78, 5) is 10.3. The third-order valence-electron chi connectivity index (χ3n) is 5.55. The molecule has 0 aliphatic heterocycles. The second-order valence-electron chi connectivity index (χ2n) is 8.90. The van der Waals surface area contributed by atoms with Gasteiger partial charge in [0.15, 0.2) is 8.32 Å². The zero-order chi connectivity index (χ0) is 21.1. The Hall–Kier alpha value is -0.753. The first-order valence-corrected chi connectivity index (χ1v) is 12.9. The maximum absolute atomic E-state index is 10.3. The molecule has 0 radical (unpaired) electrons. The number of allylic oxidation sites excluding steroid dienone is 3. The summed E-state index contributed by atoms with van der Waals surface area (Å²) in [5.74, 6) is 0.448. The van der Waals surface area contributed by atoms with Gasteiger partial charge in [-0.15, -0.1) is 0 Å². The lowest BCUT2D eigenvalue weighted by atomic mass is 9.89. The molecule has 0 aliphatic carbocycles. The van der Waals surface area contributed by atoms with Gasteiger partial charge in [-0.25, -0.2) is 0 Å². The predicted molar refractivity (Wildman–Crippen MR) is 116 cm³/mol. The summed E-state index contributed by atoms with van der Waals surface area (Å²) in [6.45, 7) is 18.1. The van der Waals surface area contributed by atoms with Crippen molar-refractivity contribution in [3.63, 3.8) is 0 Å². The summed E-state index contributed by atoms with van der Waals surface area (Å²) in [5, 5.41) is 0.182. The average molecular weight is 399 g/mol. The van der Waals surface area contributed by atoms with Crippen LogP contribution >= 0.6 is 0 Å². The Morgan fingerprint density at radius 3 is 2.19 bits per heavy atom. The minimum Gasteiger partial charge on any atom is -0.414 e. The fraction of sp³-hybridized carbons (Fsp3) is 0.773. The Kier molecular flexibility index (Phi) is 12.3. The van der Waals surface area contributed by atoms with Crippen LogP contribution in [0.5, 0.6) is 0 Å². The number of hydrogen-bond donors (Lipinski definition) is 0. The van der Waals surface area contributed by atoms with E-state index in [1.54, 1.807) is 7.11 Å². The lowest BCUT2D eigenvalue weighted by Gasteiger charge is -2.41. The summed E-state index contributed by atoms with van der Waals surface area (Å²) >= 11 is 0. The monoisotopic (exact) mass is 398 g/mol. The fourth-order valence-electron chi connectivity index (χ4n) is 2.63. The van der Waals surface area contributed by atoms with Gasteiger partial charge in [0.2, 0.25) is 0 Å². The van der Waals surface area contributed by atoms with Crippen molar-refractivity contribution < 1.29 is 18.7 Å². The minimum atomic E-state index is -1.83. The highest BCUT2D eigenvalue weighted by Crippen LogP contribution is 2.38. The van der Waals surface area contributed by atoms with Crippen molar-refractivity contribution in [2.24, 2.45) is 11.8 Å². The zero-order valence-corrected chi connectivity index (χ0v) is 20.0. The van der Waals surface area contributed by atoms with E-state index in [1.807, 2.05) is 18.2 Å². The Labute approximate surface area is 168 Å². The molecule has 0 N–H and O–H groups in total. The van der Waals surface area contributed by atoms with E-state index in [0.717, 1.165) is 12.7 Å². The van der Waals surface area contributed by atoms with Crippen molar-refractivity contribution in [3.8, 4) is 0 Å². The van der Waals surface area contributed by atoms with Crippen molar-refractivity contribution in [3.05, 3.63) is 24.3 Å². The van der Waals surface area contributed by atoms with Crippen LogP contribution in [-0.4, -0.2) is 40.7 Å². The first kappa shape index (κ1) is 26.2. The second-order valence-corrected chi connectivity index (χ2v) is 13.7. The quantitative estimate of drug-likeness (QED) is 0.130. The summed E-state index contributed by atoms with van der Waals surface area (Å²) < 4.78 is 17.8. The Balaban J connectivity index is 5.06. The first-order chi connectivity index (χ1) is 12.5. The van der Waals surface area contributed by atoms with Crippen LogP contribution in [-0.2, 0) is 18.7 Å². The van der Waals surface area contributed by atoms with Crippen molar-refractivity contribution in [1.82, 2.24) is 0 Å². The average Bonchev–Trinajstić information content (AvgIpc) is 2.56. The highest BCUT2D eigenvalue weighted by atomic mass is 28.4. The van der Waals surface area contributed by atoms with Gasteiger partial charge in [-0.3, -0.25) is 0 Å². The minimum absolute atomic E-state index is 0.00402. The number of methoxy groups -OCH3 is 1. The molecule has 158 valence electrons. The molecule has 4 nitrogen and oxygen atoms in total.